The number of amides is 2. The highest BCUT2D eigenvalue weighted by atomic mass is 19.1. The van der Waals surface area contributed by atoms with Crippen LogP contribution in [0.15, 0.2) is 48.5 Å². The number of hydrogen-bond acceptors (Lipinski definition) is 3. The zero-order chi connectivity index (χ0) is 17.4. The summed E-state index contributed by atoms with van der Waals surface area (Å²) in [5.74, 6) is -0.0339. The van der Waals surface area contributed by atoms with Crippen LogP contribution in [0.3, 0.4) is 0 Å². The van der Waals surface area contributed by atoms with Gasteiger partial charge in [0.25, 0.3) is 0 Å². The lowest BCUT2D eigenvalue weighted by Crippen LogP contribution is -2.44. The third kappa shape index (κ3) is 5.55. The Bertz CT molecular complexity index is 665. The number of urea groups is 1. The van der Waals surface area contributed by atoms with Crippen molar-refractivity contribution < 1.29 is 19.0 Å². The second-order valence-corrected chi connectivity index (χ2v) is 5.40. The second kappa shape index (κ2) is 8.88. The molecule has 1 unspecified atom stereocenters. The van der Waals surface area contributed by atoms with Crippen LogP contribution in [0, 0.1) is 5.82 Å². The lowest BCUT2D eigenvalue weighted by Gasteiger charge is -2.17. The van der Waals surface area contributed by atoms with Crippen LogP contribution in [0.5, 0.6) is 5.75 Å². The normalized spacial score (nSPS) is 11.6. The topological polar surface area (TPSA) is 70.6 Å². The van der Waals surface area contributed by atoms with Crippen molar-refractivity contribution in [1.82, 2.24) is 10.6 Å². The number of benzene rings is 2. The first kappa shape index (κ1) is 17.7. The van der Waals surface area contributed by atoms with Gasteiger partial charge in [-0.1, -0.05) is 30.3 Å². The molecule has 0 saturated carbocycles. The average molecular weight is 332 g/mol. The van der Waals surface area contributed by atoms with Gasteiger partial charge in [-0.2, -0.15) is 0 Å². The van der Waals surface area contributed by atoms with Gasteiger partial charge in [0.05, 0.1) is 19.8 Å². The summed E-state index contributed by atoms with van der Waals surface area (Å²) in [5, 5.41) is 14.8. The predicted molar refractivity (Wildman–Crippen MR) is 89.3 cm³/mol. The van der Waals surface area contributed by atoms with Crippen LogP contribution in [0.4, 0.5) is 9.18 Å². The number of ether oxygens (including phenoxy) is 1. The highest BCUT2D eigenvalue weighted by Gasteiger charge is 2.12. The van der Waals surface area contributed by atoms with E-state index in [9.17, 15) is 14.3 Å². The first-order chi connectivity index (χ1) is 11.6. The monoisotopic (exact) mass is 332 g/mol. The molecule has 0 aromatic heterocycles. The molecule has 0 bridgehead atoms. The van der Waals surface area contributed by atoms with Crippen molar-refractivity contribution in [3.8, 4) is 5.75 Å². The van der Waals surface area contributed by atoms with E-state index in [-0.39, 0.29) is 13.2 Å². The van der Waals surface area contributed by atoms with Gasteiger partial charge in [0.15, 0.2) is 0 Å². The maximum atomic E-state index is 13.4. The number of aliphatic hydroxyl groups is 1. The molecule has 1 atom stereocenters. The van der Waals surface area contributed by atoms with E-state index in [1.54, 1.807) is 6.07 Å². The van der Waals surface area contributed by atoms with Crippen LogP contribution in [-0.2, 0) is 13.0 Å². The molecule has 128 valence electrons. The van der Waals surface area contributed by atoms with Crippen molar-refractivity contribution in [2.45, 2.75) is 19.0 Å². The molecule has 0 fully saturated rings. The summed E-state index contributed by atoms with van der Waals surface area (Å²) in [7, 11) is 1.45. The molecule has 6 heteroatoms. The van der Waals surface area contributed by atoms with E-state index < -0.39 is 17.9 Å². The van der Waals surface area contributed by atoms with Crippen LogP contribution in [0.2, 0.25) is 0 Å². The summed E-state index contributed by atoms with van der Waals surface area (Å²) in [6.07, 6.45) is 0.526. The first-order valence-corrected chi connectivity index (χ1v) is 7.63. The summed E-state index contributed by atoms with van der Waals surface area (Å²) >= 11 is 0. The molecule has 3 N–H and O–H groups in total. The molecule has 0 aliphatic rings. The van der Waals surface area contributed by atoms with E-state index in [2.05, 4.69) is 10.6 Å². The lowest BCUT2D eigenvalue weighted by molar-refractivity contribution is 0.215. The molecule has 24 heavy (non-hydrogen) atoms. The summed E-state index contributed by atoms with van der Waals surface area (Å²) in [5.41, 5.74) is 1.61. The fraction of sp³-hybridized carbons (Fsp3) is 0.278. The molecule has 2 aromatic carbocycles. The molecule has 0 aliphatic heterocycles. The molecule has 0 radical (unpaired) electrons. The Balaban J connectivity index is 1.86. The van der Waals surface area contributed by atoms with E-state index in [0.717, 1.165) is 5.56 Å². The Kier molecular flexibility index (Phi) is 6.57. The number of aliphatic hydroxyl groups excluding tert-OH is 1. The smallest absolute Gasteiger partial charge is 0.315 e. The van der Waals surface area contributed by atoms with Gasteiger partial charge in [-0.15, -0.1) is 0 Å². The van der Waals surface area contributed by atoms with Crippen molar-refractivity contribution in [3.63, 3.8) is 0 Å². The maximum absolute atomic E-state index is 13.4. The van der Waals surface area contributed by atoms with Crippen molar-refractivity contribution in [1.29, 1.82) is 0 Å². The average Bonchev–Trinajstić information content (AvgIpc) is 2.59. The van der Waals surface area contributed by atoms with Crippen LogP contribution < -0.4 is 15.4 Å². The van der Waals surface area contributed by atoms with E-state index in [1.807, 2.05) is 30.3 Å². The van der Waals surface area contributed by atoms with Crippen molar-refractivity contribution in [2.24, 2.45) is 0 Å². The van der Waals surface area contributed by atoms with Crippen molar-refractivity contribution in [2.75, 3.05) is 13.7 Å². The van der Waals surface area contributed by atoms with Gasteiger partial charge in [-0.3, -0.25) is 0 Å². The Morgan fingerprint density at radius 2 is 1.96 bits per heavy atom. The first-order valence-electron chi connectivity index (χ1n) is 7.63. The number of carbonyl (C=O) groups is 1. The van der Waals surface area contributed by atoms with Gasteiger partial charge in [0.1, 0.15) is 11.6 Å². The minimum absolute atomic E-state index is 0.156. The molecule has 2 amide bonds. The Labute approximate surface area is 140 Å². The highest BCUT2D eigenvalue weighted by molar-refractivity contribution is 5.74. The van der Waals surface area contributed by atoms with Gasteiger partial charge < -0.3 is 20.5 Å². The highest BCUT2D eigenvalue weighted by Crippen LogP contribution is 2.15. The number of methoxy groups -OCH3 is 1. The zero-order valence-electron chi connectivity index (χ0n) is 13.5. The summed E-state index contributed by atoms with van der Waals surface area (Å²) in [6, 6.07) is 13.0. The van der Waals surface area contributed by atoms with Gasteiger partial charge in [-0.05, 0) is 29.7 Å². The lowest BCUT2D eigenvalue weighted by atomic mass is 10.1. The standard InChI is InChI=1S/C18H21FN2O3/c1-24-17-9-14(7-15(19)10-17)11-20-18(23)21-16(12-22)8-13-5-3-2-4-6-13/h2-7,9-10,16,22H,8,11-12H2,1H3,(H2,20,21,23). The van der Waals surface area contributed by atoms with Gasteiger partial charge in [0, 0.05) is 12.6 Å². The van der Waals surface area contributed by atoms with Crippen LogP contribution in [0.25, 0.3) is 0 Å². The van der Waals surface area contributed by atoms with Gasteiger partial charge in [-0.25, -0.2) is 9.18 Å². The quantitative estimate of drug-likeness (QED) is 0.728. The predicted octanol–water partition coefficient (Wildman–Crippen LogP) is 2.24. The molecule has 2 rings (SSSR count). The Morgan fingerprint density at radius 3 is 2.62 bits per heavy atom. The molecular weight excluding hydrogens is 311 g/mol. The minimum atomic E-state index is -0.427. The third-order valence-electron chi connectivity index (χ3n) is 3.50. The van der Waals surface area contributed by atoms with Crippen molar-refractivity contribution >= 4 is 6.03 Å². The molecule has 0 aliphatic carbocycles. The summed E-state index contributed by atoms with van der Waals surface area (Å²) in [4.78, 5) is 12.0. The fourth-order valence-corrected chi connectivity index (χ4v) is 2.32. The summed E-state index contributed by atoms with van der Waals surface area (Å²) in [6.45, 7) is -0.0143. The Hall–Kier alpha value is -2.60. The van der Waals surface area contributed by atoms with E-state index in [1.165, 1.54) is 19.2 Å². The van der Waals surface area contributed by atoms with Crippen LogP contribution in [0.1, 0.15) is 11.1 Å². The summed E-state index contributed by atoms with van der Waals surface area (Å²) < 4.78 is 18.4. The SMILES string of the molecule is COc1cc(F)cc(CNC(=O)NC(CO)Cc2ccccc2)c1. The van der Waals surface area contributed by atoms with E-state index in [4.69, 9.17) is 4.74 Å². The van der Waals surface area contributed by atoms with Crippen LogP contribution in [-0.4, -0.2) is 30.9 Å². The number of rotatable bonds is 7. The number of carbonyl (C=O) groups excluding carboxylic acids is 1. The van der Waals surface area contributed by atoms with Crippen molar-refractivity contribution in [3.05, 3.63) is 65.5 Å². The molecule has 5 nitrogen and oxygen atoms in total. The zero-order valence-corrected chi connectivity index (χ0v) is 13.5. The van der Waals surface area contributed by atoms with E-state index >= 15 is 0 Å². The van der Waals surface area contributed by atoms with Gasteiger partial charge >= 0.3 is 6.03 Å². The molecular formula is C18H21FN2O3. The molecule has 0 spiro atoms. The fourth-order valence-electron chi connectivity index (χ4n) is 2.32. The minimum Gasteiger partial charge on any atom is -0.497 e. The van der Waals surface area contributed by atoms with Crippen LogP contribution >= 0.6 is 0 Å². The molecule has 0 saturated heterocycles. The molecule has 2 aromatic rings. The van der Waals surface area contributed by atoms with Gasteiger partial charge in [0.2, 0.25) is 0 Å². The largest absolute Gasteiger partial charge is 0.497 e. The number of halogens is 1. The maximum Gasteiger partial charge on any atom is 0.315 e. The third-order valence-corrected chi connectivity index (χ3v) is 3.50. The molecule has 0 heterocycles. The second-order valence-electron chi connectivity index (χ2n) is 5.40. The Morgan fingerprint density at radius 1 is 1.21 bits per heavy atom. The van der Waals surface area contributed by atoms with E-state index in [0.29, 0.717) is 17.7 Å². The number of hydrogen-bond donors (Lipinski definition) is 3. The number of nitrogens with one attached hydrogen (secondary N) is 2.